The molecule has 116 valence electrons. The first-order valence-electron chi connectivity index (χ1n) is 7.42. The van der Waals surface area contributed by atoms with E-state index in [4.69, 9.17) is 0 Å². The molecule has 0 aliphatic carbocycles. The summed E-state index contributed by atoms with van der Waals surface area (Å²) >= 11 is 0. The maximum atomic E-state index is 13.4. The number of amides is 1. The van der Waals surface area contributed by atoms with Crippen molar-refractivity contribution in [3.05, 3.63) is 29.6 Å². The number of aliphatic hydroxyl groups excluding tert-OH is 1. The van der Waals surface area contributed by atoms with Crippen LogP contribution in [-0.2, 0) is 4.79 Å². The van der Waals surface area contributed by atoms with Gasteiger partial charge < -0.3 is 10.4 Å². The van der Waals surface area contributed by atoms with E-state index in [2.05, 4.69) is 10.2 Å². The van der Waals surface area contributed by atoms with Crippen LogP contribution in [0, 0.1) is 18.7 Å². The van der Waals surface area contributed by atoms with Gasteiger partial charge in [-0.25, -0.2) is 4.39 Å². The van der Waals surface area contributed by atoms with Gasteiger partial charge in [-0.1, -0.05) is 6.07 Å². The first-order valence-corrected chi connectivity index (χ1v) is 7.42. The van der Waals surface area contributed by atoms with Crippen molar-refractivity contribution in [3.63, 3.8) is 0 Å². The first kappa shape index (κ1) is 15.9. The number of aryl methyl sites for hydroxylation is 1. The van der Waals surface area contributed by atoms with E-state index in [0.717, 1.165) is 25.9 Å². The lowest BCUT2D eigenvalue weighted by Crippen LogP contribution is -2.41. The molecule has 0 saturated carbocycles. The quantitative estimate of drug-likeness (QED) is 0.895. The molecule has 2 rings (SSSR count). The van der Waals surface area contributed by atoms with Crippen LogP contribution in [0.4, 0.5) is 10.1 Å². The van der Waals surface area contributed by atoms with Gasteiger partial charge in [-0.3, -0.25) is 9.69 Å². The minimum Gasteiger partial charge on any atom is -0.393 e. The third kappa shape index (κ3) is 4.51. The Bertz CT molecular complexity index is 497. The summed E-state index contributed by atoms with van der Waals surface area (Å²) in [7, 11) is 0. The van der Waals surface area contributed by atoms with Crippen molar-refractivity contribution >= 4 is 11.6 Å². The third-order valence-corrected chi connectivity index (χ3v) is 4.14. The molecule has 0 radical (unpaired) electrons. The predicted octanol–water partition coefficient (Wildman–Crippen LogP) is 2.17. The summed E-state index contributed by atoms with van der Waals surface area (Å²) in [6, 6.07) is 4.70. The summed E-state index contributed by atoms with van der Waals surface area (Å²) in [5, 5.41) is 12.3. The number of hydrogen-bond donors (Lipinski definition) is 2. The van der Waals surface area contributed by atoms with Gasteiger partial charge in [-0.05, 0) is 63.4 Å². The van der Waals surface area contributed by atoms with E-state index in [1.807, 2.05) is 6.92 Å². The molecule has 1 aromatic rings. The van der Waals surface area contributed by atoms with Crippen LogP contribution in [0.3, 0.4) is 0 Å². The summed E-state index contributed by atoms with van der Waals surface area (Å²) in [5.74, 6) is -0.116. The van der Waals surface area contributed by atoms with Gasteiger partial charge in [0.25, 0.3) is 0 Å². The number of rotatable bonds is 4. The number of carbonyl (C=O) groups excluding carboxylic acids is 1. The van der Waals surface area contributed by atoms with E-state index in [1.165, 1.54) is 6.07 Å². The van der Waals surface area contributed by atoms with Crippen molar-refractivity contribution < 1.29 is 14.3 Å². The highest BCUT2D eigenvalue weighted by molar-refractivity contribution is 5.92. The number of anilines is 1. The van der Waals surface area contributed by atoms with Crippen molar-refractivity contribution in [2.24, 2.45) is 5.92 Å². The van der Waals surface area contributed by atoms with Crippen molar-refractivity contribution in [1.29, 1.82) is 0 Å². The largest absolute Gasteiger partial charge is 0.393 e. The number of benzene rings is 1. The fourth-order valence-corrected chi connectivity index (χ4v) is 2.67. The number of halogens is 1. The second-order valence-electron chi connectivity index (χ2n) is 5.87. The molecule has 2 N–H and O–H groups in total. The molecule has 0 spiro atoms. The standard InChI is InChI=1S/C16H23FN2O2/c1-11-3-4-14(9-15(11)17)18-16(21)10-19-7-5-13(6-8-19)12(2)20/h3-4,9,12-13,20H,5-8,10H2,1-2H3,(H,18,21). The average Bonchev–Trinajstić information content (AvgIpc) is 2.43. The van der Waals surface area contributed by atoms with Crippen LogP contribution in [0.25, 0.3) is 0 Å². The Kier molecular flexibility index (Phi) is 5.31. The maximum Gasteiger partial charge on any atom is 0.238 e. The lowest BCUT2D eigenvalue weighted by Gasteiger charge is -2.32. The van der Waals surface area contributed by atoms with Gasteiger partial charge in [-0.15, -0.1) is 0 Å². The minimum atomic E-state index is -0.314. The summed E-state index contributed by atoms with van der Waals surface area (Å²) in [6.45, 7) is 5.44. The smallest absolute Gasteiger partial charge is 0.238 e. The monoisotopic (exact) mass is 294 g/mol. The van der Waals surface area contributed by atoms with E-state index in [1.54, 1.807) is 19.1 Å². The second-order valence-corrected chi connectivity index (χ2v) is 5.87. The van der Waals surface area contributed by atoms with Crippen LogP contribution < -0.4 is 5.32 Å². The normalized spacial score (nSPS) is 18.5. The molecule has 0 bridgehead atoms. The van der Waals surface area contributed by atoms with Crippen molar-refractivity contribution in [3.8, 4) is 0 Å². The Morgan fingerprint density at radius 3 is 2.71 bits per heavy atom. The molecule has 1 fully saturated rings. The lowest BCUT2D eigenvalue weighted by molar-refractivity contribution is -0.117. The van der Waals surface area contributed by atoms with E-state index < -0.39 is 0 Å². The summed E-state index contributed by atoms with van der Waals surface area (Å²) in [5.41, 5.74) is 1.05. The van der Waals surface area contributed by atoms with Crippen LogP contribution in [0.1, 0.15) is 25.3 Å². The summed E-state index contributed by atoms with van der Waals surface area (Å²) < 4.78 is 13.4. The maximum absolute atomic E-state index is 13.4. The molecule has 21 heavy (non-hydrogen) atoms. The summed E-state index contributed by atoms with van der Waals surface area (Å²) in [6.07, 6.45) is 1.53. The molecule has 1 saturated heterocycles. The van der Waals surface area contributed by atoms with Crippen LogP contribution >= 0.6 is 0 Å². The molecule has 1 amide bonds. The number of aliphatic hydroxyl groups is 1. The molecule has 1 aliphatic rings. The predicted molar refractivity (Wildman–Crippen MR) is 80.6 cm³/mol. The first-order chi connectivity index (χ1) is 9.95. The third-order valence-electron chi connectivity index (χ3n) is 4.14. The SMILES string of the molecule is Cc1ccc(NC(=O)CN2CCC(C(C)O)CC2)cc1F. The van der Waals surface area contributed by atoms with E-state index in [9.17, 15) is 14.3 Å². The Morgan fingerprint density at radius 1 is 1.48 bits per heavy atom. The zero-order valence-corrected chi connectivity index (χ0v) is 12.6. The van der Waals surface area contributed by atoms with Gasteiger partial charge in [0.15, 0.2) is 0 Å². The number of likely N-dealkylation sites (tertiary alicyclic amines) is 1. The van der Waals surface area contributed by atoms with Crippen molar-refractivity contribution in [1.82, 2.24) is 4.90 Å². The lowest BCUT2D eigenvalue weighted by atomic mass is 9.92. The Morgan fingerprint density at radius 2 is 2.14 bits per heavy atom. The Hall–Kier alpha value is -1.46. The molecule has 1 aliphatic heterocycles. The molecular weight excluding hydrogens is 271 g/mol. The minimum absolute atomic E-state index is 0.131. The van der Waals surface area contributed by atoms with Crippen LogP contribution in [-0.4, -0.2) is 41.7 Å². The van der Waals surface area contributed by atoms with Crippen LogP contribution in [0.5, 0.6) is 0 Å². The number of nitrogens with zero attached hydrogens (tertiary/aromatic N) is 1. The fourth-order valence-electron chi connectivity index (χ4n) is 2.67. The number of piperidine rings is 1. The van der Waals surface area contributed by atoms with Crippen molar-refractivity contribution in [2.75, 3.05) is 25.0 Å². The highest BCUT2D eigenvalue weighted by Crippen LogP contribution is 2.20. The van der Waals surface area contributed by atoms with Crippen molar-refractivity contribution in [2.45, 2.75) is 32.8 Å². The van der Waals surface area contributed by atoms with Gasteiger partial charge in [0.1, 0.15) is 5.82 Å². The highest BCUT2D eigenvalue weighted by atomic mass is 19.1. The fraction of sp³-hybridized carbons (Fsp3) is 0.562. The molecule has 0 aromatic heterocycles. The molecule has 5 heteroatoms. The molecule has 4 nitrogen and oxygen atoms in total. The topological polar surface area (TPSA) is 52.6 Å². The number of hydrogen-bond acceptors (Lipinski definition) is 3. The van der Waals surface area contributed by atoms with E-state index in [-0.39, 0.29) is 17.8 Å². The van der Waals surface area contributed by atoms with Gasteiger partial charge >= 0.3 is 0 Å². The molecule has 1 heterocycles. The zero-order chi connectivity index (χ0) is 15.4. The molecule has 1 unspecified atom stereocenters. The van der Waals surface area contributed by atoms with Crippen LogP contribution in [0.15, 0.2) is 18.2 Å². The molecular formula is C16H23FN2O2. The summed E-state index contributed by atoms with van der Waals surface area (Å²) in [4.78, 5) is 14.0. The highest BCUT2D eigenvalue weighted by Gasteiger charge is 2.23. The average molecular weight is 294 g/mol. The second kappa shape index (κ2) is 7.00. The van der Waals surface area contributed by atoms with Gasteiger partial charge in [0.05, 0.1) is 12.6 Å². The number of nitrogens with one attached hydrogen (secondary N) is 1. The Balaban J connectivity index is 1.81. The van der Waals surface area contributed by atoms with E-state index in [0.29, 0.717) is 23.7 Å². The Labute approximate surface area is 125 Å². The van der Waals surface area contributed by atoms with Gasteiger partial charge in [0.2, 0.25) is 5.91 Å². The zero-order valence-electron chi connectivity index (χ0n) is 12.6. The molecule has 1 aromatic carbocycles. The van der Waals surface area contributed by atoms with E-state index >= 15 is 0 Å². The number of carbonyl (C=O) groups is 1. The molecule has 1 atom stereocenters. The van der Waals surface area contributed by atoms with Crippen LogP contribution in [0.2, 0.25) is 0 Å². The van der Waals surface area contributed by atoms with Gasteiger partial charge in [-0.2, -0.15) is 0 Å². The van der Waals surface area contributed by atoms with Gasteiger partial charge in [0, 0.05) is 5.69 Å².